The second-order valence-corrected chi connectivity index (χ2v) is 6.02. The van der Waals surface area contributed by atoms with Gasteiger partial charge in [0.15, 0.2) is 11.5 Å². The molecule has 23 heavy (non-hydrogen) atoms. The van der Waals surface area contributed by atoms with Crippen LogP contribution in [-0.4, -0.2) is 27.5 Å². The first kappa shape index (κ1) is 15.4. The van der Waals surface area contributed by atoms with Gasteiger partial charge in [-0.2, -0.15) is 5.26 Å². The van der Waals surface area contributed by atoms with Crippen molar-refractivity contribution in [2.75, 3.05) is 12.3 Å². The van der Waals surface area contributed by atoms with Crippen molar-refractivity contribution >= 4 is 5.82 Å². The van der Waals surface area contributed by atoms with Crippen molar-refractivity contribution in [3.8, 4) is 6.07 Å². The van der Waals surface area contributed by atoms with Gasteiger partial charge in [0, 0.05) is 12.6 Å². The van der Waals surface area contributed by atoms with Crippen LogP contribution in [0.25, 0.3) is 0 Å². The van der Waals surface area contributed by atoms with Crippen LogP contribution in [0, 0.1) is 11.3 Å². The fourth-order valence-corrected chi connectivity index (χ4v) is 3.19. The predicted molar refractivity (Wildman–Crippen MR) is 89.4 cm³/mol. The van der Waals surface area contributed by atoms with Gasteiger partial charge in [-0.3, -0.25) is 4.90 Å². The number of hydrogen-bond acceptors (Lipinski definition) is 5. The zero-order valence-electron chi connectivity index (χ0n) is 13.2. The van der Waals surface area contributed by atoms with Gasteiger partial charge in [-0.15, -0.1) is 0 Å². The van der Waals surface area contributed by atoms with Crippen molar-refractivity contribution in [2.24, 2.45) is 0 Å². The Bertz CT molecular complexity index is 692. The number of piperidine rings is 1. The van der Waals surface area contributed by atoms with Crippen molar-refractivity contribution in [3.63, 3.8) is 0 Å². The first-order valence-corrected chi connectivity index (χ1v) is 8.05. The average molecular weight is 307 g/mol. The lowest BCUT2D eigenvalue weighted by Gasteiger charge is -2.35. The molecule has 0 saturated carbocycles. The molecule has 1 aliphatic heterocycles. The second-order valence-electron chi connectivity index (χ2n) is 6.02. The van der Waals surface area contributed by atoms with Crippen LogP contribution in [0.4, 0.5) is 5.82 Å². The van der Waals surface area contributed by atoms with Crippen molar-refractivity contribution in [3.05, 3.63) is 53.5 Å². The van der Waals surface area contributed by atoms with Gasteiger partial charge in [-0.25, -0.2) is 9.97 Å². The molecule has 2 aromatic rings. The summed E-state index contributed by atoms with van der Waals surface area (Å²) in [5.41, 5.74) is 8.06. The van der Waals surface area contributed by atoms with Crippen LogP contribution in [-0.2, 0) is 13.0 Å². The van der Waals surface area contributed by atoms with Gasteiger partial charge in [-0.05, 0) is 31.4 Å². The molecule has 0 radical (unpaired) electrons. The highest BCUT2D eigenvalue weighted by molar-refractivity contribution is 5.42. The number of nitriles is 1. The molecule has 2 N–H and O–H groups in total. The molecule has 0 bridgehead atoms. The first-order chi connectivity index (χ1) is 11.3. The first-order valence-electron chi connectivity index (χ1n) is 8.05. The summed E-state index contributed by atoms with van der Waals surface area (Å²) in [6.07, 6.45) is 6.41. The highest BCUT2D eigenvalue weighted by atomic mass is 15.2. The molecule has 1 aromatic heterocycles. The Kier molecular flexibility index (Phi) is 4.84. The van der Waals surface area contributed by atoms with Crippen molar-refractivity contribution < 1.29 is 0 Å². The third kappa shape index (κ3) is 3.85. The summed E-state index contributed by atoms with van der Waals surface area (Å²) in [6, 6.07) is 13.1. The van der Waals surface area contributed by atoms with E-state index in [1.807, 2.05) is 6.07 Å². The van der Waals surface area contributed by atoms with Crippen molar-refractivity contribution in [2.45, 2.75) is 38.3 Å². The molecule has 5 nitrogen and oxygen atoms in total. The van der Waals surface area contributed by atoms with E-state index in [4.69, 9.17) is 11.0 Å². The van der Waals surface area contributed by atoms with Gasteiger partial charge in [0.2, 0.25) is 0 Å². The fourth-order valence-electron chi connectivity index (χ4n) is 3.19. The lowest BCUT2D eigenvalue weighted by atomic mass is 9.95. The number of nitrogens with zero attached hydrogens (tertiary/aromatic N) is 4. The van der Waals surface area contributed by atoms with Crippen LogP contribution in [0.3, 0.4) is 0 Å². The largest absolute Gasteiger partial charge is 0.381 e. The van der Waals surface area contributed by atoms with Gasteiger partial charge in [0.05, 0.1) is 11.9 Å². The molecular formula is C18H21N5. The Morgan fingerprint density at radius 2 is 2.09 bits per heavy atom. The van der Waals surface area contributed by atoms with E-state index < -0.39 is 0 Å². The monoisotopic (exact) mass is 307 g/mol. The molecular weight excluding hydrogens is 286 g/mol. The zero-order valence-corrected chi connectivity index (χ0v) is 13.2. The smallest absolute Gasteiger partial charge is 0.183 e. The van der Waals surface area contributed by atoms with E-state index in [-0.39, 0.29) is 11.5 Å². The van der Waals surface area contributed by atoms with Crippen LogP contribution in [0.15, 0.2) is 36.5 Å². The van der Waals surface area contributed by atoms with Crippen molar-refractivity contribution in [1.29, 1.82) is 5.26 Å². The summed E-state index contributed by atoms with van der Waals surface area (Å²) < 4.78 is 0. The van der Waals surface area contributed by atoms with Crippen LogP contribution < -0.4 is 5.73 Å². The molecule has 1 aliphatic rings. The molecule has 0 amide bonds. The molecule has 1 saturated heterocycles. The van der Waals surface area contributed by atoms with E-state index in [9.17, 15) is 0 Å². The molecule has 1 aromatic carbocycles. The average Bonchev–Trinajstić information content (AvgIpc) is 2.59. The minimum Gasteiger partial charge on any atom is -0.381 e. The quantitative estimate of drug-likeness (QED) is 0.939. The minimum atomic E-state index is 0.204. The minimum absolute atomic E-state index is 0.204. The summed E-state index contributed by atoms with van der Waals surface area (Å²) >= 11 is 0. The summed E-state index contributed by atoms with van der Waals surface area (Å²) in [5, 5.41) is 9.05. The Labute approximate surface area is 136 Å². The van der Waals surface area contributed by atoms with E-state index in [0.717, 1.165) is 25.2 Å². The lowest BCUT2D eigenvalue weighted by molar-refractivity contribution is 0.137. The number of anilines is 1. The maximum absolute atomic E-state index is 9.05. The van der Waals surface area contributed by atoms with Crippen LogP contribution in [0.5, 0.6) is 0 Å². The van der Waals surface area contributed by atoms with Gasteiger partial charge in [-0.1, -0.05) is 36.8 Å². The number of aromatic nitrogens is 2. The normalized spacial score (nSPS) is 18.5. The van der Waals surface area contributed by atoms with E-state index >= 15 is 0 Å². The molecule has 118 valence electrons. The van der Waals surface area contributed by atoms with E-state index in [1.54, 1.807) is 6.20 Å². The molecule has 2 heterocycles. The van der Waals surface area contributed by atoms with Crippen LogP contribution in [0.1, 0.15) is 36.2 Å². The molecule has 0 aliphatic carbocycles. The highest BCUT2D eigenvalue weighted by Crippen LogP contribution is 2.22. The highest BCUT2D eigenvalue weighted by Gasteiger charge is 2.23. The third-order valence-electron chi connectivity index (χ3n) is 4.38. The number of rotatable bonds is 4. The summed E-state index contributed by atoms with van der Waals surface area (Å²) in [4.78, 5) is 10.9. The topological polar surface area (TPSA) is 78.8 Å². The Morgan fingerprint density at radius 1 is 1.26 bits per heavy atom. The Hall–Kier alpha value is -2.45. The molecule has 3 rings (SSSR count). The molecule has 5 heteroatoms. The predicted octanol–water partition coefficient (Wildman–Crippen LogP) is 2.53. The molecule has 1 unspecified atom stereocenters. The number of hydrogen-bond donors (Lipinski definition) is 1. The Morgan fingerprint density at radius 3 is 2.87 bits per heavy atom. The van der Waals surface area contributed by atoms with Gasteiger partial charge in [0.25, 0.3) is 0 Å². The Balaban J connectivity index is 1.73. The number of nitrogens with two attached hydrogens (primary N) is 1. The molecule has 1 fully saturated rings. The number of likely N-dealkylation sites (tertiary alicyclic amines) is 1. The SMILES string of the molecule is N#Cc1nc(CN2CCCCC2Cc2ccccc2)cnc1N. The lowest BCUT2D eigenvalue weighted by Crippen LogP contribution is -2.40. The van der Waals surface area contributed by atoms with Crippen LogP contribution >= 0.6 is 0 Å². The van der Waals surface area contributed by atoms with E-state index in [0.29, 0.717) is 6.04 Å². The number of benzene rings is 1. The zero-order chi connectivity index (χ0) is 16.1. The number of nitrogen functional groups attached to an aromatic ring is 1. The fraction of sp³-hybridized carbons (Fsp3) is 0.389. The van der Waals surface area contributed by atoms with E-state index in [1.165, 1.54) is 24.8 Å². The van der Waals surface area contributed by atoms with Gasteiger partial charge in [0.1, 0.15) is 6.07 Å². The summed E-state index contributed by atoms with van der Waals surface area (Å²) in [7, 11) is 0. The summed E-state index contributed by atoms with van der Waals surface area (Å²) in [5.74, 6) is 0.204. The van der Waals surface area contributed by atoms with Crippen molar-refractivity contribution in [1.82, 2.24) is 14.9 Å². The maximum Gasteiger partial charge on any atom is 0.183 e. The standard InChI is InChI=1S/C18H21N5/c19-11-17-18(20)21-12-15(22-17)13-23-9-5-4-8-16(23)10-14-6-2-1-3-7-14/h1-3,6-7,12,16H,4-5,8-10,13H2,(H2,20,21). The van der Waals surface area contributed by atoms with Gasteiger partial charge < -0.3 is 5.73 Å². The van der Waals surface area contributed by atoms with Crippen LogP contribution in [0.2, 0.25) is 0 Å². The molecule has 0 spiro atoms. The van der Waals surface area contributed by atoms with E-state index in [2.05, 4.69) is 45.2 Å². The third-order valence-corrected chi connectivity index (χ3v) is 4.38. The maximum atomic E-state index is 9.05. The van der Waals surface area contributed by atoms with Gasteiger partial charge >= 0.3 is 0 Å². The summed E-state index contributed by atoms with van der Waals surface area (Å²) in [6.45, 7) is 1.78. The second kappa shape index (κ2) is 7.21. The molecule has 1 atom stereocenters.